The molecule has 0 spiro atoms. The Morgan fingerprint density at radius 2 is 1.87 bits per heavy atom. The molecule has 1 aromatic heterocycles. The summed E-state index contributed by atoms with van der Waals surface area (Å²) in [4.78, 5) is 35.0. The lowest BCUT2D eigenvalue weighted by molar-refractivity contribution is 0.00617. The molecule has 1 fully saturated rings. The molecule has 0 radical (unpaired) electrons. The first-order valence-corrected chi connectivity index (χ1v) is 14.5. The van der Waals surface area contributed by atoms with Crippen LogP contribution in [0.1, 0.15) is 70.6 Å². The van der Waals surface area contributed by atoms with Gasteiger partial charge in [0.15, 0.2) is 0 Å². The number of aromatic nitrogens is 1. The number of nitrogens with one attached hydrogen (secondary N) is 1. The number of aryl methyl sites for hydroxylation is 1. The van der Waals surface area contributed by atoms with Crippen LogP contribution in [0.4, 0.5) is 0 Å². The second kappa shape index (κ2) is 12.4. The Balaban J connectivity index is 1.52. The minimum atomic E-state index is -0.742. The van der Waals surface area contributed by atoms with Crippen molar-refractivity contribution in [1.82, 2.24) is 20.1 Å². The van der Waals surface area contributed by atoms with Crippen LogP contribution in [0.25, 0.3) is 0 Å². The summed E-state index contributed by atoms with van der Waals surface area (Å²) >= 11 is 1.52. The number of aliphatic hydroxyl groups is 1. The van der Waals surface area contributed by atoms with Crippen LogP contribution in [0.5, 0.6) is 0 Å². The second-order valence-corrected chi connectivity index (χ2v) is 12.4. The summed E-state index contributed by atoms with van der Waals surface area (Å²) in [6, 6.07) is 16.2. The fourth-order valence-corrected chi connectivity index (χ4v) is 6.21. The van der Waals surface area contributed by atoms with Crippen LogP contribution >= 0.6 is 11.3 Å². The maximum Gasteiger partial charge on any atom is 0.253 e. The molecular weight excluding hydrogens is 508 g/mol. The highest BCUT2D eigenvalue weighted by atomic mass is 32.1. The molecule has 0 unspecified atom stereocenters. The van der Waals surface area contributed by atoms with Crippen LogP contribution in [-0.4, -0.2) is 69.0 Å². The van der Waals surface area contributed by atoms with Crippen molar-refractivity contribution in [2.75, 3.05) is 13.6 Å². The third kappa shape index (κ3) is 7.32. The molecule has 39 heavy (non-hydrogen) atoms. The predicted octanol–water partition coefficient (Wildman–Crippen LogP) is 4.69. The number of thiazole rings is 1. The van der Waals surface area contributed by atoms with Crippen molar-refractivity contribution < 1.29 is 14.7 Å². The first-order chi connectivity index (χ1) is 18.5. The molecule has 1 aliphatic rings. The Kier molecular flexibility index (Phi) is 9.20. The van der Waals surface area contributed by atoms with Gasteiger partial charge in [0.1, 0.15) is 5.01 Å². The molecule has 2 aromatic carbocycles. The van der Waals surface area contributed by atoms with Crippen molar-refractivity contribution in [3.05, 3.63) is 87.4 Å². The van der Waals surface area contributed by atoms with Crippen molar-refractivity contribution in [2.24, 2.45) is 0 Å². The van der Waals surface area contributed by atoms with Gasteiger partial charge in [-0.2, -0.15) is 0 Å². The maximum absolute atomic E-state index is 13.5. The summed E-state index contributed by atoms with van der Waals surface area (Å²) < 4.78 is 0. The summed E-state index contributed by atoms with van der Waals surface area (Å²) in [6.45, 7) is 9.76. The molecule has 2 N–H and O–H groups in total. The number of hydrogen-bond acceptors (Lipinski definition) is 6. The molecule has 2 amide bonds. The Morgan fingerprint density at radius 1 is 1.15 bits per heavy atom. The number of hydrogen-bond donors (Lipinski definition) is 2. The molecule has 1 aliphatic heterocycles. The molecule has 4 rings (SSSR count). The van der Waals surface area contributed by atoms with E-state index in [9.17, 15) is 14.7 Å². The van der Waals surface area contributed by atoms with Gasteiger partial charge in [-0.3, -0.25) is 14.5 Å². The Morgan fingerprint density at radius 3 is 2.54 bits per heavy atom. The van der Waals surface area contributed by atoms with Crippen LogP contribution in [0.3, 0.4) is 0 Å². The summed E-state index contributed by atoms with van der Waals surface area (Å²) in [6.07, 6.45) is 1.67. The van der Waals surface area contributed by atoms with E-state index in [2.05, 4.69) is 36.0 Å². The third-order valence-corrected chi connectivity index (χ3v) is 8.29. The van der Waals surface area contributed by atoms with Gasteiger partial charge in [0.05, 0.1) is 18.7 Å². The first-order valence-electron chi connectivity index (χ1n) is 13.6. The van der Waals surface area contributed by atoms with Gasteiger partial charge >= 0.3 is 0 Å². The van der Waals surface area contributed by atoms with Gasteiger partial charge in [0.25, 0.3) is 11.8 Å². The number of amides is 2. The van der Waals surface area contributed by atoms with E-state index in [1.807, 2.05) is 42.6 Å². The highest BCUT2D eigenvalue weighted by molar-refractivity contribution is 7.09. The van der Waals surface area contributed by atoms with Gasteiger partial charge in [-0.05, 0) is 77.3 Å². The third-order valence-electron chi connectivity index (χ3n) is 7.34. The molecule has 8 heteroatoms. The zero-order chi connectivity index (χ0) is 28.2. The summed E-state index contributed by atoms with van der Waals surface area (Å²) in [5.41, 5.74) is 2.73. The normalized spacial score (nSPS) is 17.5. The number of benzene rings is 2. The predicted molar refractivity (Wildman–Crippen MR) is 156 cm³/mol. The van der Waals surface area contributed by atoms with Gasteiger partial charge < -0.3 is 15.3 Å². The van der Waals surface area contributed by atoms with Crippen LogP contribution < -0.4 is 5.32 Å². The van der Waals surface area contributed by atoms with E-state index in [0.717, 1.165) is 35.7 Å². The molecular formula is C31H40N4O3S. The van der Waals surface area contributed by atoms with Crippen LogP contribution in [0, 0.1) is 6.92 Å². The lowest BCUT2D eigenvalue weighted by atomic mass is 9.92. The van der Waals surface area contributed by atoms with Gasteiger partial charge in [0.2, 0.25) is 0 Å². The first kappa shape index (κ1) is 28.9. The maximum atomic E-state index is 13.5. The monoisotopic (exact) mass is 548 g/mol. The second-order valence-electron chi connectivity index (χ2n) is 11.5. The minimum Gasteiger partial charge on any atom is -0.389 e. The zero-order valence-corrected chi connectivity index (χ0v) is 24.4. The van der Waals surface area contributed by atoms with Gasteiger partial charge in [-0.1, -0.05) is 36.4 Å². The van der Waals surface area contributed by atoms with E-state index >= 15 is 0 Å². The molecule has 7 nitrogen and oxygen atoms in total. The van der Waals surface area contributed by atoms with E-state index in [-0.39, 0.29) is 23.4 Å². The number of carbonyl (C=O) groups excluding carboxylic acids is 2. The van der Waals surface area contributed by atoms with E-state index < -0.39 is 12.1 Å². The van der Waals surface area contributed by atoms with E-state index in [1.54, 1.807) is 36.2 Å². The molecule has 3 atom stereocenters. The van der Waals surface area contributed by atoms with Crippen LogP contribution in [0.2, 0.25) is 0 Å². The van der Waals surface area contributed by atoms with Crippen molar-refractivity contribution >= 4 is 23.2 Å². The fourth-order valence-electron chi connectivity index (χ4n) is 5.39. The number of rotatable bonds is 9. The van der Waals surface area contributed by atoms with Crippen molar-refractivity contribution in [1.29, 1.82) is 0 Å². The highest BCUT2D eigenvalue weighted by Gasteiger charge is 2.40. The zero-order valence-electron chi connectivity index (χ0n) is 23.6. The summed E-state index contributed by atoms with van der Waals surface area (Å²) in [5.74, 6) is -0.478. The number of likely N-dealkylation sites (tertiary alicyclic amines) is 1. The minimum absolute atomic E-state index is 0.0462. The summed E-state index contributed by atoms with van der Waals surface area (Å²) in [7, 11) is 1.74. The standard InChI is InChI=1S/C31H40N4O3S/c1-21-20-39-27(32-21)19-34(5)30(38)24-14-9-13-23(18-24)29(37)33-25(17-22-11-7-6-8-12-22)28(36)26-15-10-16-35(26)31(2,3)4/h6-9,11-14,18,20,25-26,28,36H,10,15-17,19H2,1-5H3,(H,33,37)/t25-,26+,28-/m0/s1. The molecule has 0 saturated carbocycles. The lowest BCUT2D eigenvalue weighted by Gasteiger charge is -2.41. The number of aliphatic hydroxyl groups excluding tert-OH is 1. The Hall–Kier alpha value is -3.07. The Bertz CT molecular complexity index is 1270. The lowest BCUT2D eigenvalue weighted by Crippen LogP contribution is -2.56. The van der Waals surface area contributed by atoms with Crippen molar-refractivity contribution in [3.63, 3.8) is 0 Å². The van der Waals surface area contributed by atoms with Crippen LogP contribution in [0.15, 0.2) is 60.0 Å². The topological polar surface area (TPSA) is 85.8 Å². The number of carbonyl (C=O) groups is 2. The fraction of sp³-hybridized carbons (Fsp3) is 0.452. The van der Waals surface area contributed by atoms with E-state index in [1.165, 1.54) is 11.3 Å². The molecule has 208 valence electrons. The Labute approximate surface area is 235 Å². The highest BCUT2D eigenvalue weighted by Crippen LogP contribution is 2.30. The molecule has 2 heterocycles. The summed E-state index contributed by atoms with van der Waals surface area (Å²) in [5, 5.41) is 17.6. The quantitative estimate of drug-likeness (QED) is 0.405. The van der Waals surface area contributed by atoms with E-state index in [4.69, 9.17) is 0 Å². The van der Waals surface area contributed by atoms with Crippen molar-refractivity contribution in [3.8, 4) is 0 Å². The van der Waals surface area contributed by atoms with Gasteiger partial charge in [0, 0.05) is 40.8 Å². The van der Waals surface area contributed by atoms with Crippen LogP contribution in [-0.2, 0) is 13.0 Å². The number of nitrogens with zero attached hydrogens (tertiary/aromatic N) is 3. The van der Waals surface area contributed by atoms with E-state index in [0.29, 0.717) is 24.1 Å². The largest absolute Gasteiger partial charge is 0.389 e. The average Bonchev–Trinajstić information content (AvgIpc) is 3.57. The molecule has 1 saturated heterocycles. The van der Waals surface area contributed by atoms with Gasteiger partial charge in [-0.15, -0.1) is 11.3 Å². The van der Waals surface area contributed by atoms with Crippen molar-refractivity contribution in [2.45, 2.75) is 77.2 Å². The molecule has 0 aliphatic carbocycles. The average molecular weight is 549 g/mol. The smallest absolute Gasteiger partial charge is 0.253 e. The molecule has 3 aromatic rings. The van der Waals surface area contributed by atoms with Gasteiger partial charge in [-0.25, -0.2) is 4.98 Å². The molecule has 0 bridgehead atoms. The SMILES string of the molecule is Cc1csc(CN(C)C(=O)c2cccc(C(=O)N[C@@H](Cc3ccccc3)[C@H](O)[C@H]3CCCN3C(C)(C)C)c2)n1.